The van der Waals surface area contributed by atoms with E-state index in [0.717, 1.165) is 18.2 Å². The number of hydrogen-bond acceptors (Lipinski definition) is 1. The van der Waals surface area contributed by atoms with Gasteiger partial charge < -0.3 is 0 Å². The predicted molar refractivity (Wildman–Crippen MR) is 57.2 cm³/mol. The molecule has 3 heteroatoms. The summed E-state index contributed by atoms with van der Waals surface area (Å²) in [4.78, 5) is 0. The van der Waals surface area contributed by atoms with Crippen LogP contribution in [0.1, 0.15) is 33.6 Å². The van der Waals surface area contributed by atoms with Crippen molar-refractivity contribution >= 4 is 15.9 Å². The summed E-state index contributed by atoms with van der Waals surface area (Å²) < 4.78 is 0. The molecule has 0 aromatic rings. The Balaban J connectivity index is 2.77. The molecule has 2 nitrogen and oxygen atoms in total. The molecule has 13 heavy (non-hydrogen) atoms. The van der Waals surface area contributed by atoms with E-state index < -0.39 is 0 Å². The number of hydrogen-bond donors (Lipinski definition) is 0. The zero-order chi connectivity index (χ0) is 10.1. The highest BCUT2D eigenvalue weighted by molar-refractivity contribution is 9.09. The summed E-state index contributed by atoms with van der Waals surface area (Å²) in [6.45, 7) is 6.02. The molecule has 1 radical (unpaired) electrons. The largest absolute Gasteiger partial charge is 0.140 e. The van der Waals surface area contributed by atoms with Gasteiger partial charge >= 0.3 is 0 Å². The van der Waals surface area contributed by atoms with Crippen LogP contribution in [0.15, 0.2) is 12.2 Å². The first-order chi connectivity index (χ1) is 5.92. The molecule has 0 saturated carbocycles. The summed E-state index contributed by atoms with van der Waals surface area (Å²) in [7, 11) is 0. The van der Waals surface area contributed by atoms with E-state index in [0.29, 0.717) is 0 Å². The molecule has 1 heterocycles. The Labute approximate surface area is 88.7 Å². The molecular formula is C10H17BrNO. The van der Waals surface area contributed by atoms with Crippen LogP contribution in [0.4, 0.5) is 0 Å². The Morgan fingerprint density at radius 1 is 1.38 bits per heavy atom. The van der Waals surface area contributed by atoms with E-state index in [-0.39, 0.29) is 11.1 Å². The molecule has 0 spiro atoms. The lowest BCUT2D eigenvalue weighted by atomic mass is 9.99. The minimum absolute atomic E-state index is 0.203. The molecular weight excluding hydrogens is 230 g/mol. The van der Waals surface area contributed by atoms with Gasteiger partial charge in [-0.05, 0) is 33.6 Å². The number of allylic oxidation sites excluding steroid dienone is 1. The second kappa shape index (κ2) is 3.71. The van der Waals surface area contributed by atoms with Crippen molar-refractivity contribution in [3.05, 3.63) is 12.2 Å². The van der Waals surface area contributed by atoms with Gasteiger partial charge in [0.1, 0.15) is 0 Å². The van der Waals surface area contributed by atoms with Crippen LogP contribution in [-0.4, -0.2) is 21.5 Å². The molecule has 0 aromatic heterocycles. The van der Waals surface area contributed by atoms with Crippen LogP contribution in [0.5, 0.6) is 0 Å². The predicted octanol–water partition coefficient (Wildman–Crippen LogP) is 2.92. The molecule has 1 aliphatic heterocycles. The maximum atomic E-state index is 11.9. The number of alkyl halides is 1. The van der Waals surface area contributed by atoms with Crippen molar-refractivity contribution in [2.24, 2.45) is 0 Å². The quantitative estimate of drug-likeness (QED) is 0.543. The third kappa shape index (κ3) is 2.14. The highest BCUT2D eigenvalue weighted by Gasteiger charge is 2.46. The van der Waals surface area contributed by atoms with Gasteiger partial charge in [0.25, 0.3) is 0 Å². The smallest absolute Gasteiger partial charge is 0.0651 e. The average Bonchev–Trinajstić information content (AvgIpc) is 2.28. The molecule has 1 unspecified atom stereocenters. The van der Waals surface area contributed by atoms with E-state index in [9.17, 15) is 5.21 Å². The van der Waals surface area contributed by atoms with Gasteiger partial charge in [-0.15, -0.1) is 10.3 Å². The van der Waals surface area contributed by atoms with E-state index in [2.05, 4.69) is 15.9 Å². The first kappa shape index (κ1) is 11.2. The van der Waals surface area contributed by atoms with Crippen molar-refractivity contribution < 1.29 is 5.21 Å². The van der Waals surface area contributed by atoms with Crippen molar-refractivity contribution in [3.8, 4) is 0 Å². The minimum atomic E-state index is -0.294. The monoisotopic (exact) mass is 246 g/mol. The SMILES string of the molecule is CC1(C)CCC(C)(/C=C/CBr)N1[O]. The maximum absolute atomic E-state index is 11.9. The summed E-state index contributed by atoms with van der Waals surface area (Å²) in [5.41, 5.74) is -0.497. The van der Waals surface area contributed by atoms with Crippen molar-refractivity contribution in [1.29, 1.82) is 0 Å². The maximum Gasteiger partial charge on any atom is 0.0651 e. The lowest BCUT2D eigenvalue weighted by molar-refractivity contribution is -0.236. The van der Waals surface area contributed by atoms with Gasteiger partial charge in [-0.2, -0.15) is 0 Å². The molecule has 0 aliphatic carbocycles. The fourth-order valence-electron chi connectivity index (χ4n) is 1.90. The third-order valence-corrected chi connectivity index (χ3v) is 3.20. The second-order valence-electron chi connectivity index (χ2n) is 4.52. The van der Waals surface area contributed by atoms with Gasteiger partial charge in [0.2, 0.25) is 0 Å². The fourth-order valence-corrected chi connectivity index (χ4v) is 2.09. The van der Waals surface area contributed by atoms with Crippen LogP contribution in [-0.2, 0) is 5.21 Å². The Bertz CT molecular complexity index is 215. The van der Waals surface area contributed by atoms with Gasteiger partial charge in [0, 0.05) is 10.9 Å². The summed E-state index contributed by atoms with van der Waals surface area (Å²) in [6, 6.07) is 0. The van der Waals surface area contributed by atoms with E-state index in [1.807, 2.05) is 32.9 Å². The van der Waals surface area contributed by atoms with Gasteiger partial charge in [-0.3, -0.25) is 0 Å². The minimum Gasteiger partial charge on any atom is -0.140 e. The first-order valence-corrected chi connectivity index (χ1v) is 5.76. The molecule has 0 aromatic carbocycles. The Morgan fingerprint density at radius 2 is 2.00 bits per heavy atom. The van der Waals surface area contributed by atoms with E-state index >= 15 is 0 Å². The lowest BCUT2D eigenvalue weighted by Gasteiger charge is -2.32. The van der Waals surface area contributed by atoms with Crippen LogP contribution in [0.3, 0.4) is 0 Å². The van der Waals surface area contributed by atoms with Crippen molar-refractivity contribution in [3.63, 3.8) is 0 Å². The zero-order valence-corrected chi connectivity index (χ0v) is 10.1. The van der Waals surface area contributed by atoms with Crippen LogP contribution in [0, 0.1) is 0 Å². The Hall–Kier alpha value is 0.140. The summed E-state index contributed by atoms with van der Waals surface area (Å²) in [6.07, 6.45) is 5.95. The molecule has 75 valence electrons. The number of hydroxylamine groups is 2. The van der Waals surface area contributed by atoms with Gasteiger partial charge in [0.15, 0.2) is 0 Å². The molecule has 0 amide bonds. The third-order valence-electron chi connectivity index (χ3n) is 2.82. The summed E-state index contributed by atoms with van der Waals surface area (Å²) in [5.74, 6) is 0. The van der Waals surface area contributed by atoms with Gasteiger partial charge in [-0.25, -0.2) is 0 Å². The molecule has 1 aliphatic rings. The molecule has 1 rings (SSSR count). The molecule has 1 fully saturated rings. The first-order valence-electron chi connectivity index (χ1n) is 4.63. The van der Waals surface area contributed by atoms with Crippen molar-refractivity contribution in [2.75, 3.05) is 5.33 Å². The average molecular weight is 247 g/mol. The molecule has 1 atom stereocenters. The van der Waals surface area contributed by atoms with Crippen LogP contribution < -0.4 is 0 Å². The molecule has 1 saturated heterocycles. The van der Waals surface area contributed by atoms with Gasteiger partial charge in [-0.1, -0.05) is 28.1 Å². The molecule has 0 bridgehead atoms. The highest BCUT2D eigenvalue weighted by Crippen LogP contribution is 2.40. The summed E-state index contributed by atoms with van der Waals surface area (Å²) in [5, 5.41) is 14.0. The Morgan fingerprint density at radius 3 is 2.38 bits per heavy atom. The van der Waals surface area contributed by atoms with Gasteiger partial charge in [0.05, 0.1) is 5.54 Å². The van der Waals surface area contributed by atoms with E-state index in [1.54, 1.807) is 0 Å². The topological polar surface area (TPSA) is 23.1 Å². The summed E-state index contributed by atoms with van der Waals surface area (Å²) >= 11 is 3.32. The van der Waals surface area contributed by atoms with Crippen LogP contribution >= 0.6 is 15.9 Å². The van der Waals surface area contributed by atoms with Crippen LogP contribution in [0.25, 0.3) is 0 Å². The van der Waals surface area contributed by atoms with E-state index in [1.165, 1.54) is 5.06 Å². The fraction of sp³-hybridized carbons (Fsp3) is 0.800. The number of nitrogens with zero attached hydrogens (tertiary/aromatic N) is 1. The Kier molecular flexibility index (Phi) is 3.20. The van der Waals surface area contributed by atoms with E-state index in [4.69, 9.17) is 0 Å². The van der Waals surface area contributed by atoms with Crippen LogP contribution in [0.2, 0.25) is 0 Å². The van der Waals surface area contributed by atoms with Crippen molar-refractivity contribution in [1.82, 2.24) is 5.06 Å². The molecule has 0 N–H and O–H groups in total. The van der Waals surface area contributed by atoms with Crippen molar-refractivity contribution in [2.45, 2.75) is 44.7 Å². The number of rotatable bonds is 2. The number of halogens is 1. The normalized spacial score (nSPS) is 34.5. The zero-order valence-electron chi connectivity index (χ0n) is 8.51. The second-order valence-corrected chi connectivity index (χ2v) is 5.17. The standard InChI is InChI=1S/C10H17BrNO/c1-9(2)6-7-10(3,12(9)13)5-4-8-11/h4-5H,6-8H2,1-3H3/b5-4+. The highest BCUT2D eigenvalue weighted by atomic mass is 79.9. The lowest BCUT2D eigenvalue weighted by Crippen LogP contribution is -2.45.